The molecule has 0 heterocycles. The highest BCUT2D eigenvalue weighted by Gasteiger charge is 2.12. The Labute approximate surface area is 97.1 Å². The van der Waals surface area contributed by atoms with Gasteiger partial charge in [0.05, 0.1) is 5.92 Å². The van der Waals surface area contributed by atoms with Crippen molar-refractivity contribution in [3.63, 3.8) is 0 Å². The van der Waals surface area contributed by atoms with E-state index in [9.17, 15) is 4.79 Å². The smallest absolute Gasteiger partial charge is 0.310 e. The summed E-state index contributed by atoms with van der Waals surface area (Å²) in [5.74, 6) is -0.558. The van der Waals surface area contributed by atoms with Gasteiger partial charge in [-0.3, -0.25) is 4.79 Å². The minimum Gasteiger partial charge on any atom is -0.481 e. The molecule has 1 aromatic rings. The molecule has 0 amide bonds. The molecular weight excluding hydrogens is 202 g/mol. The molecule has 3 nitrogen and oxygen atoms in total. The van der Waals surface area contributed by atoms with Crippen LogP contribution in [0.1, 0.15) is 37.8 Å². The number of hydrogen-bond acceptors (Lipinski definition) is 2. The van der Waals surface area contributed by atoms with Crippen molar-refractivity contribution in [3.8, 4) is 0 Å². The quantitative estimate of drug-likeness (QED) is 0.823. The van der Waals surface area contributed by atoms with Gasteiger partial charge in [0.2, 0.25) is 0 Å². The first-order chi connectivity index (χ1) is 7.00. The van der Waals surface area contributed by atoms with Crippen LogP contribution in [0.4, 0.5) is 0 Å². The maximum Gasteiger partial charge on any atom is 0.310 e. The lowest BCUT2D eigenvalue weighted by atomic mass is 9.97. The molecule has 0 fully saturated rings. The monoisotopic (exact) mass is 223 g/mol. The number of carboxylic acids is 1. The fraction of sp³-hybridized carbons (Fsp3) is 0.462. The highest BCUT2D eigenvalue weighted by Crippen LogP contribution is 2.17. The Morgan fingerprint density at radius 3 is 2.06 bits per heavy atom. The van der Waals surface area contributed by atoms with E-state index in [-0.39, 0.29) is 6.15 Å². The van der Waals surface area contributed by atoms with Gasteiger partial charge in [0.1, 0.15) is 0 Å². The van der Waals surface area contributed by atoms with E-state index in [0.29, 0.717) is 5.92 Å². The lowest BCUT2D eigenvalue weighted by Gasteiger charge is -2.09. The van der Waals surface area contributed by atoms with Gasteiger partial charge in [0, 0.05) is 0 Å². The van der Waals surface area contributed by atoms with Crippen molar-refractivity contribution in [3.05, 3.63) is 35.4 Å². The van der Waals surface area contributed by atoms with Crippen LogP contribution in [0, 0.1) is 5.92 Å². The molecule has 0 spiro atoms. The number of carbonyl (C=O) groups is 1. The Balaban J connectivity index is 0.00000225. The SMILES string of the molecule is CC(C)Cc1ccc(C(C)C(=O)O)cc1.N. The average molecular weight is 223 g/mol. The van der Waals surface area contributed by atoms with Crippen LogP contribution in [0.25, 0.3) is 0 Å². The first kappa shape index (κ1) is 14.6. The Bertz CT molecular complexity index is 330. The molecule has 0 bridgehead atoms. The van der Waals surface area contributed by atoms with E-state index in [1.807, 2.05) is 24.3 Å². The van der Waals surface area contributed by atoms with E-state index in [0.717, 1.165) is 12.0 Å². The van der Waals surface area contributed by atoms with Crippen molar-refractivity contribution in [1.29, 1.82) is 0 Å². The second-order valence-electron chi connectivity index (χ2n) is 4.40. The molecule has 1 rings (SSSR count). The number of carboxylic acid groups (broad SMARTS) is 1. The van der Waals surface area contributed by atoms with Gasteiger partial charge in [-0.25, -0.2) is 0 Å². The molecule has 3 heteroatoms. The van der Waals surface area contributed by atoms with E-state index < -0.39 is 11.9 Å². The van der Waals surface area contributed by atoms with Crippen LogP contribution in [0.2, 0.25) is 0 Å². The van der Waals surface area contributed by atoms with Gasteiger partial charge < -0.3 is 11.3 Å². The van der Waals surface area contributed by atoms with Crippen molar-refractivity contribution in [1.82, 2.24) is 6.15 Å². The fourth-order valence-electron chi connectivity index (χ4n) is 1.56. The van der Waals surface area contributed by atoms with Crippen molar-refractivity contribution >= 4 is 5.97 Å². The lowest BCUT2D eigenvalue weighted by Crippen LogP contribution is -2.07. The maximum absolute atomic E-state index is 10.8. The van der Waals surface area contributed by atoms with E-state index in [1.165, 1.54) is 5.56 Å². The third-order valence-electron chi connectivity index (χ3n) is 2.49. The van der Waals surface area contributed by atoms with Crippen molar-refractivity contribution in [2.75, 3.05) is 0 Å². The second-order valence-corrected chi connectivity index (χ2v) is 4.40. The Hall–Kier alpha value is -1.35. The predicted octanol–water partition coefficient (Wildman–Crippen LogP) is 3.24. The van der Waals surface area contributed by atoms with E-state index in [2.05, 4.69) is 13.8 Å². The summed E-state index contributed by atoms with van der Waals surface area (Å²) in [5, 5.41) is 8.85. The normalized spacial score (nSPS) is 12.0. The topological polar surface area (TPSA) is 72.3 Å². The van der Waals surface area contributed by atoms with Crippen LogP contribution < -0.4 is 6.15 Å². The maximum atomic E-state index is 10.8. The molecule has 1 unspecified atom stereocenters. The third-order valence-corrected chi connectivity index (χ3v) is 2.49. The number of aliphatic carboxylic acids is 1. The summed E-state index contributed by atoms with van der Waals surface area (Å²) in [6.07, 6.45) is 1.04. The van der Waals surface area contributed by atoms with Crippen LogP contribution in [0.15, 0.2) is 24.3 Å². The van der Waals surface area contributed by atoms with E-state index in [1.54, 1.807) is 6.92 Å². The summed E-state index contributed by atoms with van der Waals surface area (Å²) in [5.41, 5.74) is 2.14. The zero-order valence-corrected chi connectivity index (χ0v) is 10.2. The number of rotatable bonds is 4. The van der Waals surface area contributed by atoms with Crippen LogP contribution in [-0.2, 0) is 11.2 Å². The summed E-state index contributed by atoms with van der Waals surface area (Å²) >= 11 is 0. The average Bonchev–Trinajstić information content (AvgIpc) is 2.17. The summed E-state index contributed by atoms with van der Waals surface area (Å²) < 4.78 is 0. The highest BCUT2D eigenvalue weighted by molar-refractivity contribution is 5.75. The van der Waals surface area contributed by atoms with Crippen LogP contribution >= 0.6 is 0 Å². The van der Waals surface area contributed by atoms with E-state index >= 15 is 0 Å². The molecule has 0 aromatic heterocycles. The fourth-order valence-corrected chi connectivity index (χ4v) is 1.56. The molecule has 0 aliphatic heterocycles. The van der Waals surface area contributed by atoms with E-state index in [4.69, 9.17) is 5.11 Å². The van der Waals surface area contributed by atoms with Crippen molar-refractivity contribution < 1.29 is 9.90 Å². The molecule has 0 saturated carbocycles. The minimum atomic E-state index is -0.772. The van der Waals surface area contributed by atoms with Gasteiger partial charge in [-0.2, -0.15) is 0 Å². The van der Waals surface area contributed by atoms with Crippen LogP contribution in [0.5, 0.6) is 0 Å². The zero-order valence-electron chi connectivity index (χ0n) is 10.2. The molecule has 1 aromatic carbocycles. The first-order valence-corrected chi connectivity index (χ1v) is 5.32. The highest BCUT2D eigenvalue weighted by atomic mass is 16.4. The standard InChI is InChI=1S/C13H18O2.H3N/c1-9(2)8-11-4-6-12(7-5-11)10(3)13(14)15;/h4-7,9-10H,8H2,1-3H3,(H,14,15);1H3. The largest absolute Gasteiger partial charge is 0.481 e. The van der Waals surface area contributed by atoms with Gasteiger partial charge in [-0.15, -0.1) is 0 Å². The second kappa shape index (κ2) is 6.28. The molecule has 90 valence electrons. The Kier molecular flexibility index (Phi) is 5.75. The van der Waals surface area contributed by atoms with Gasteiger partial charge in [0.15, 0.2) is 0 Å². The zero-order chi connectivity index (χ0) is 11.4. The molecule has 16 heavy (non-hydrogen) atoms. The van der Waals surface area contributed by atoms with Gasteiger partial charge in [-0.05, 0) is 30.4 Å². The number of benzene rings is 1. The number of hydrogen-bond donors (Lipinski definition) is 2. The Morgan fingerprint density at radius 1 is 1.19 bits per heavy atom. The molecule has 0 saturated heterocycles. The minimum absolute atomic E-state index is 0. The first-order valence-electron chi connectivity index (χ1n) is 5.32. The molecular formula is C13H21NO2. The van der Waals surface area contributed by atoms with Gasteiger partial charge in [0.25, 0.3) is 0 Å². The predicted molar refractivity (Wildman–Crippen MR) is 66.1 cm³/mol. The summed E-state index contributed by atoms with van der Waals surface area (Å²) in [4.78, 5) is 10.8. The molecule has 4 N–H and O–H groups in total. The van der Waals surface area contributed by atoms with Crippen molar-refractivity contribution in [2.45, 2.75) is 33.1 Å². The summed E-state index contributed by atoms with van der Waals surface area (Å²) in [7, 11) is 0. The third kappa shape index (κ3) is 4.03. The van der Waals surface area contributed by atoms with Gasteiger partial charge >= 0.3 is 5.97 Å². The van der Waals surface area contributed by atoms with Gasteiger partial charge in [-0.1, -0.05) is 38.1 Å². The molecule has 1 atom stereocenters. The molecule has 0 aliphatic rings. The molecule has 0 radical (unpaired) electrons. The molecule has 0 aliphatic carbocycles. The summed E-state index contributed by atoms with van der Waals surface area (Å²) in [6, 6.07) is 7.87. The Morgan fingerprint density at radius 2 is 1.69 bits per heavy atom. The summed E-state index contributed by atoms with van der Waals surface area (Å²) in [6.45, 7) is 6.06. The lowest BCUT2D eigenvalue weighted by molar-refractivity contribution is -0.138. The van der Waals surface area contributed by atoms with Crippen LogP contribution in [0.3, 0.4) is 0 Å². The van der Waals surface area contributed by atoms with Crippen LogP contribution in [-0.4, -0.2) is 11.1 Å². The van der Waals surface area contributed by atoms with Crippen molar-refractivity contribution in [2.24, 2.45) is 5.92 Å².